The van der Waals surface area contributed by atoms with Crippen LogP contribution in [0.2, 0.25) is 10.0 Å². The zero-order valence-electron chi connectivity index (χ0n) is 9.76. The fourth-order valence-corrected chi connectivity index (χ4v) is 3.20. The molecule has 1 aromatic rings. The summed E-state index contributed by atoms with van der Waals surface area (Å²) in [4.78, 5) is 12.2. The van der Waals surface area contributed by atoms with Crippen LogP contribution in [0.3, 0.4) is 0 Å². The van der Waals surface area contributed by atoms with Gasteiger partial charge in [-0.15, -0.1) is 0 Å². The number of piperidine rings is 1. The molecule has 0 amide bonds. The molecule has 2 aliphatic heterocycles. The number of halogens is 2. The fourth-order valence-electron chi connectivity index (χ4n) is 2.67. The molecule has 1 aromatic carbocycles. The highest BCUT2D eigenvalue weighted by atomic mass is 35.5. The van der Waals surface area contributed by atoms with Crippen molar-refractivity contribution in [3.05, 3.63) is 27.7 Å². The molecular weight excluding hydrogens is 273 g/mol. The number of rotatable bonds is 0. The maximum atomic E-state index is 12.2. The Morgan fingerprint density at radius 2 is 1.94 bits per heavy atom. The Kier molecular flexibility index (Phi) is 3.00. The monoisotopic (exact) mass is 285 g/mol. The lowest BCUT2D eigenvalue weighted by Gasteiger charge is -2.41. The molecule has 1 spiro atoms. The van der Waals surface area contributed by atoms with Crippen LogP contribution in [0.5, 0.6) is 5.75 Å². The maximum Gasteiger partial charge on any atom is 0.170 e. The van der Waals surface area contributed by atoms with Crippen LogP contribution in [0, 0.1) is 0 Å². The number of carbonyl (C=O) groups excluding carboxylic acids is 1. The summed E-state index contributed by atoms with van der Waals surface area (Å²) < 4.78 is 6.07. The molecule has 5 heteroatoms. The van der Waals surface area contributed by atoms with Gasteiger partial charge in [0.05, 0.1) is 17.0 Å². The summed E-state index contributed by atoms with van der Waals surface area (Å²) in [7, 11) is 0. The third kappa shape index (κ3) is 2.00. The van der Waals surface area contributed by atoms with E-state index in [-0.39, 0.29) is 11.4 Å². The first kappa shape index (κ1) is 12.3. The number of Topliss-reactive ketones (excluding diaryl/α,β-unsaturated/α-hetero) is 1. The van der Waals surface area contributed by atoms with Crippen LogP contribution in [-0.2, 0) is 0 Å². The minimum absolute atomic E-state index is 0.0718. The molecule has 0 aliphatic carbocycles. The average Bonchev–Trinajstić information content (AvgIpc) is 2.32. The number of benzene rings is 1. The summed E-state index contributed by atoms with van der Waals surface area (Å²) in [5, 5.41) is 4.16. The standard InChI is InChI=1S/C13H13Cl2NO2/c14-8-5-9-11(17)7-13(1-3-16-4-2-13)18-12(9)10(15)6-8/h5-6,16H,1-4,7H2. The molecule has 3 rings (SSSR count). The summed E-state index contributed by atoms with van der Waals surface area (Å²) >= 11 is 12.1. The second-order valence-corrected chi connectivity index (χ2v) is 5.74. The van der Waals surface area contributed by atoms with Crippen LogP contribution in [0.1, 0.15) is 29.6 Å². The zero-order valence-corrected chi connectivity index (χ0v) is 11.3. The molecule has 18 heavy (non-hydrogen) atoms. The lowest BCUT2D eigenvalue weighted by atomic mass is 9.83. The third-order valence-electron chi connectivity index (χ3n) is 3.62. The molecular formula is C13H13Cl2NO2. The van der Waals surface area contributed by atoms with E-state index in [2.05, 4.69) is 5.32 Å². The number of ether oxygens (including phenoxy) is 1. The molecule has 0 unspecified atom stereocenters. The number of hydrogen-bond acceptors (Lipinski definition) is 3. The van der Waals surface area contributed by atoms with Crippen molar-refractivity contribution >= 4 is 29.0 Å². The van der Waals surface area contributed by atoms with Gasteiger partial charge in [-0.25, -0.2) is 0 Å². The smallest absolute Gasteiger partial charge is 0.170 e. The van der Waals surface area contributed by atoms with Gasteiger partial charge < -0.3 is 10.1 Å². The van der Waals surface area contributed by atoms with Gasteiger partial charge in [0.2, 0.25) is 0 Å². The Labute approximate surface area is 115 Å². The van der Waals surface area contributed by atoms with Crippen LogP contribution in [-0.4, -0.2) is 24.5 Å². The van der Waals surface area contributed by atoms with E-state index >= 15 is 0 Å². The van der Waals surface area contributed by atoms with Gasteiger partial charge in [-0.05, 0) is 25.2 Å². The lowest BCUT2D eigenvalue weighted by Crippen LogP contribution is -2.49. The SMILES string of the molecule is O=C1CC2(CCNCC2)Oc2c(Cl)cc(Cl)cc21. The minimum atomic E-state index is -0.382. The predicted molar refractivity (Wildman–Crippen MR) is 70.9 cm³/mol. The molecule has 0 saturated carbocycles. The molecule has 2 aliphatic rings. The topological polar surface area (TPSA) is 38.3 Å². The van der Waals surface area contributed by atoms with Crippen LogP contribution in [0.15, 0.2) is 12.1 Å². The third-order valence-corrected chi connectivity index (χ3v) is 4.12. The van der Waals surface area contributed by atoms with E-state index in [4.69, 9.17) is 27.9 Å². The number of nitrogens with one attached hydrogen (secondary N) is 1. The summed E-state index contributed by atoms with van der Waals surface area (Å²) in [6, 6.07) is 3.26. The van der Waals surface area contributed by atoms with E-state index < -0.39 is 0 Å². The minimum Gasteiger partial charge on any atom is -0.484 e. The maximum absolute atomic E-state index is 12.2. The van der Waals surface area contributed by atoms with E-state index in [9.17, 15) is 4.79 Å². The summed E-state index contributed by atoms with van der Waals surface area (Å²) in [5.74, 6) is 0.571. The molecule has 0 radical (unpaired) electrons. The molecule has 2 heterocycles. The Hall–Kier alpha value is -0.770. The molecule has 0 aromatic heterocycles. The fraction of sp³-hybridized carbons (Fsp3) is 0.462. The van der Waals surface area contributed by atoms with Crippen molar-refractivity contribution < 1.29 is 9.53 Å². The number of ketones is 1. The number of carbonyl (C=O) groups is 1. The van der Waals surface area contributed by atoms with Gasteiger partial charge in [0.25, 0.3) is 0 Å². The van der Waals surface area contributed by atoms with Crippen LogP contribution in [0.25, 0.3) is 0 Å². The number of hydrogen-bond donors (Lipinski definition) is 1. The van der Waals surface area contributed by atoms with Crippen molar-refractivity contribution in [3.8, 4) is 5.75 Å². The number of fused-ring (bicyclic) bond motifs is 1. The van der Waals surface area contributed by atoms with Crippen LogP contribution < -0.4 is 10.1 Å². The van der Waals surface area contributed by atoms with E-state index in [1.165, 1.54) is 0 Å². The average molecular weight is 286 g/mol. The van der Waals surface area contributed by atoms with Crippen molar-refractivity contribution in [1.82, 2.24) is 5.32 Å². The summed E-state index contributed by atoms with van der Waals surface area (Å²) in [6.45, 7) is 1.74. The van der Waals surface area contributed by atoms with Gasteiger partial charge in [0, 0.05) is 17.9 Å². The van der Waals surface area contributed by atoms with Gasteiger partial charge >= 0.3 is 0 Å². The summed E-state index contributed by atoms with van der Waals surface area (Å²) in [5.41, 5.74) is 0.129. The first-order valence-corrected chi connectivity index (χ1v) is 6.77. The Bertz CT molecular complexity index is 510. The van der Waals surface area contributed by atoms with Crippen molar-refractivity contribution in [2.75, 3.05) is 13.1 Å². The summed E-state index contributed by atoms with van der Waals surface area (Å²) in [6.07, 6.45) is 2.08. The Balaban J connectivity index is 2.04. The molecule has 0 bridgehead atoms. The highest BCUT2D eigenvalue weighted by molar-refractivity contribution is 6.36. The van der Waals surface area contributed by atoms with Gasteiger partial charge in [-0.3, -0.25) is 4.79 Å². The normalized spacial score (nSPS) is 21.6. The van der Waals surface area contributed by atoms with Gasteiger partial charge in [-0.2, -0.15) is 0 Å². The second kappa shape index (κ2) is 4.41. The highest BCUT2D eigenvalue weighted by Crippen LogP contribution is 2.43. The van der Waals surface area contributed by atoms with Gasteiger partial charge in [0.15, 0.2) is 5.78 Å². The quantitative estimate of drug-likeness (QED) is 0.796. The van der Waals surface area contributed by atoms with E-state index in [0.29, 0.717) is 27.8 Å². The van der Waals surface area contributed by atoms with Crippen LogP contribution >= 0.6 is 23.2 Å². The van der Waals surface area contributed by atoms with Crippen LogP contribution in [0.4, 0.5) is 0 Å². The van der Waals surface area contributed by atoms with Crippen molar-refractivity contribution in [1.29, 1.82) is 0 Å². The van der Waals surface area contributed by atoms with E-state index in [1.54, 1.807) is 12.1 Å². The van der Waals surface area contributed by atoms with Crippen molar-refractivity contribution in [2.45, 2.75) is 24.9 Å². The highest BCUT2D eigenvalue weighted by Gasteiger charge is 2.42. The lowest BCUT2D eigenvalue weighted by molar-refractivity contribution is 0.0188. The van der Waals surface area contributed by atoms with Crippen molar-refractivity contribution in [2.24, 2.45) is 0 Å². The molecule has 3 nitrogen and oxygen atoms in total. The zero-order chi connectivity index (χ0) is 12.8. The largest absolute Gasteiger partial charge is 0.484 e. The van der Waals surface area contributed by atoms with E-state index in [1.807, 2.05) is 0 Å². The Morgan fingerprint density at radius 3 is 2.67 bits per heavy atom. The molecule has 1 saturated heterocycles. The van der Waals surface area contributed by atoms with Gasteiger partial charge in [0.1, 0.15) is 11.4 Å². The second-order valence-electron chi connectivity index (χ2n) is 4.90. The van der Waals surface area contributed by atoms with Crippen molar-refractivity contribution in [3.63, 3.8) is 0 Å². The molecule has 0 atom stereocenters. The molecule has 1 N–H and O–H groups in total. The van der Waals surface area contributed by atoms with E-state index in [0.717, 1.165) is 25.9 Å². The molecule has 1 fully saturated rings. The first-order valence-electron chi connectivity index (χ1n) is 6.02. The Morgan fingerprint density at radius 1 is 1.22 bits per heavy atom. The molecule has 96 valence electrons. The first-order chi connectivity index (χ1) is 8.60. The predicted octanol–water partition coefficient (Wildman–Crippen LogP) is 3.08. The van der Waals surface area contributed by atoms with Gasteiger partial charge in [-0.1, -0.05) is 23.2 Å².